The summed E-state index contributed by atoms with van der Waals surface area (Å²) in [6, 6.07) is 17.5. The van der Waals surface area contributed by atoms with E-state index < -0.39 is 23.2 Å². The first-order valence-electron chi connectivity index (χ1n) is 10.5. The number of carbonyl (C=O) groups excluding carboxylic acids is 2. The zero-order chi connectivity index (χ0) is 24.1. The molecule has 4 rings (SSSR count). The van der Waals surface area contributed by atoms with Gasteiger partial charge in [0.15, 0.2) is 0 Å². The molecule has 2 aromatic carbocycles. The van der Waals surface area contributed by atoms with E-state index in [9.17, 15) is 22.8 Å². The van der Waals surface area contributed by atoms with Crippen LogP contribution in [0.5, 0.6) is 0 Å². The van der Waals surface area contributed by atoms with Crippen LogP contribution in [0.3, 0.4) is 0 Å². The monoisotopic (exact) mass is 466 g/mol. The van der Waals surface area contributed by atoms with Gasteiger partial charge in [0.25, 0.3) is 11.8 Å². The largest absolute Gasteiger partial charge is 0.417 e. The molecule has 0 fully saturated rings. The minimum Gasteiger partial charge on any atom is -0.348 e. The molecule has 0 bridgehead atoms. The standard InChI is InChI=1S/C25H21F3N4O2/c26-25(27,28)21-10-5-4-9-20(21)24(34)32-14-6-13-31(17-32)22-12-11-19(16-29-22)23(33)30-15-18-7-2-1-3-8-18/h1-13,16H,14-15,17H2,(H,30,33). The Bertz CT molecular complexity index is 1190. The molecule has 0 saturated carbocycles. The molecule has 1 aromatic heterocycles. The number of hydrogen-bond acceptors (Lipinski definition) is 4. The van der Waals surface area contributed by atoms with Gasteiger partial charge in [0.2, 0.25) is 0 Å². The Morgan fingerprint density at radius 3 is 2.41 bits per heavy atom. The average molecular weight is 466 g/mol. The Labute approximate surface area is 194 Å². The molecule has 2 heterocycles. The first-order chi connectivity index (χ1) is 16.3. The summed E-state index contributed by atoms with van der Waals surface area (Å²) in [6.45, 7) is 0.572. The van der Waals surface area contributed by atoms with Crippen molar-refractivity contribution in [3.05, 3.63) is 107 Å². The lowest BCUT2D eigenvalue weighted by Gasteiger charge is -2.32. The van der Waals surface area contributed by atoms with Crippen LogP contribution in [-0.2, 0) is 12.7 Å². The second-order valence-electron chi connectivity index (χ2n) is 7.64. The van der Waals surface area contributed by atoms with E-state index >= 15 is 0 Å². The van der Waals surface area contributed by atoms with Gasteiger partial charge in [-0.3, -0.25) is 9.59 Å². The van der Waals surface area contributed by atoms with Crippen molar-refractivity contribution >= 4 is 17.6 Å². The van der Waals surface area contributed by atoms with Crippen molar-refractivity contribution in [2.75, 3.05) is 18.1 Å². The topological polar surface area (TPSA) is 65.5 Å². The van der Waals surface area contributed by atoms with Gasteiger partial charge in [-0.05, 0) is 35.9 Å². The molecule has 9 heteroatoms. The molecule has 174 valence electrons. The van der Waals surface area contributed by atoms with E-state index in [4.69, 9.17) is 0 Å². The lowest BCUT2D eigenvalue weighted by Crippen LogP contribution is -2.43. The van der Waals surface area contributed by atoms with E-state index in [1.54, 1.807) is 29.3 Å². The minimum absolute atomic E-state index is 0.0219. The van der Waals surface area contributed by atoms with Crippen molar-refractivity contribution in [3.63, 3.8) is 0 Å². The van der Waals surface area contributed by atoms with Gasteiger partial charge in [-0.25, -0.2) is 4.98 Å². The maximum Gasteiger partial charge on any atom is 0.417 e. The van der Waals surface area contributed by atoms with Crippen LogP contribution in [0.1, 0.15) is 31.8 Å². The van der Waals surface area contributed by atoms with Crippen LogP contribution in [0, 0.1) is 0 Å². The summed E-state index contributed by atoms with van der Waals surface area (Å²) in [7, 11) is 0. The van der Waals surface area contributed by atoms with Gasteiger partial charge in [-0.2, -0.15) is 13.2 Å². The summed E-state index contributed by atoms with van der Waals surface area (Å²) in [5.74, 6) is -0.547. The van der Waals surface area contributed by atoms with Gasteiger partial charge in [-0.1, -0.05) is 42.5 Å². The number of rotatable bonds is 5. The SMILES string of the molecule is O=C(NCc1ccccc1)c1ccc(N2C=CCN(C(=O)c3ccccc3C(F)(F)F)C2)nc1. The third-order valence-electron chi connectivity index (χ3n) is 5.28. The molecule has 34 heavy (non-hydrogen) atoms. The van der Waals surface area contributed by atoms with Crippen LogP contribution in [-0.4, -0.2) is 34.9 Å². The highest BCUT2D eigenvalue weighted by molar-refractivity contribution is 5.96. The maximum absolute atomic E-state index is 13.3. The number of aromatic nitrogens is 1. The van der Waals surface area contributed by atoms with Crippen molar-refractivity contribution in [1.29, 1.82) is 0 Å². The van der Waals surface area contributed by atoms with Crippen molar-refractivity contribution < 1.29 is 22.8 Å². The molecule has 1 aliphatic heterocycles. The summed E-state index contributed by atoms with van der Waals surface area (Å²) in [4.78, 5) is 32.5. The number of carbonyl (C=O) groups is 2. The molecule has 1 aliphatic rings. The van der Waals surface area contributed by atoms with Crippen molar-refractivity contribution in [2.45, 2.75) is 12.7 Å². The predicted octanol–water partition coefficient (Wildman–Crippen LogP) is 4.46. The lowest BCUT2D eigenvalue weighted by atomic mass is 10.1. The fourth-order valence-corrected chi connectivity index (χ4v) is 3.54. The van der Waals surface area contributed by atoms with E-state index in [-0.39, 0.29) is 19.1 Å². The predicted molar refractivity (Wildman–Crippen MR) is 121 cm³/mol. The van der Waals surface area contributed by atoms with Crippen molar-refractivity contribution in [1.82, 2.24) is 15.2 Å². The Morgan fingerprint density at radius 2 is 1.71 bits per heavy atom. The highest BCUT2D eigenvalue weighted by Crippen LogP contribution is 2.32. The summed E-state index contributed by atoms with van der Waals surface area (Å²) in [6.07, 6.45) is 0.163. The highest BCUT2D eigenvalue weighted by Gasteiger charge is 2.36. The number of hydrogen-bond donors (Lipinski definition) is 1. The summed E-state index contributed by atoms with van der Waals surface area (Å²) in [5.41, 5.74) is -0.0304. The fraction of sp³-hybridized carbons (Fsp3) is 0.160. The van der Waals surface area contributed by atoms with E-state index in [2.05, 4.69) is 10.3 Å². The van der Waals surface area contributed by atoms with Gasteiger partial charge < -0.3 is 15.1 Å². The zero-order valence-electron chi connectivity index (χ0n) is 18.0. The van der Waals surface area contributed by atoms with Gasteiger partial charge in [0.05, 0.1) is 23.4 Å². The molecule has 0 atom stereocenters. The number of amides is 2. The minimum atomic E-state index is -4.63. The van der Waals surface area contributed by atoms with E-state index in [1.165, 1.54) is 29.3 Å². The number of halogens is 3. The molecular formula is C25H21F3N4O2. The normalized spacial score (nSPS) is 13.6. The Kier molecular flexibility index (Phi) is 6.62. The van der Waals surface area contributed by atoms with Crippen molar-refractivity contribution in [2.24, 2.45) is 0 Å². The maximum atomic E-state index is 13.3. The molecule has 0 aliphatic carbocycles. The number of benzene rings is 2. The quantitative estimate of drug-likeness (QED) is 0.603. The van der Waals surface area contributed by atoms with Crippen molar-refractivity contribution in [3.8, 4) is 0 Å². The van der Waals surface area contributed by atoms with Crippen LogP contribution < -0.4 is 10.2 Å². The third kappa shape index (κ3) is 5.25. The van der Waals surface area contributed by atoms with Crippen LogP contribution in [0.15, 0.2) is 85.2 Å². The Hall–Kier alpha value is -4.14. The number of nitrogens with zero attached hydrogens (tertiary/aromatic N) is 3. The first-order valence-corrected chi connectivity index (χ1v) is 10.5. The summed E-state index contributed by atoms with van der Waals surface area (Å²) < 4.78 is 40.0. The van der Waals surface area contributed by atoms with E-state index in [1.807, 2.05) is 30.3 Å². The molecule has 1 N–H and O–H groups in total. The Balaban J connectivity index is 1.43. The van der Waals surface area contributed by atoms with E-state index in [0.29, 0.717) is 17.9 Å². The molecule has 0 unspecified atom stereocenters. The molecule has 0 saturated heterocycles. The zero-order valence-corrected chi connectivity index (χ0v) is 18.0. The Morgan fingerprint density at radius 1 is 0.971 bits per heavy atom. The van der Waals surface area contributed by atoms with Gasteiger partial charge in [0, 0.05) is 25.5 Å². The van der Waals surface area contributed by atoms with Crippen LogP contribution >= 0.6 is 0 Å². The first kappa shape index (κ1) is 23.0. The van der Waals surface area contributed by atoms with Gasteiger partial charge in [-0.15, -0.1) is 0 Å². The lowest BCUT2D eigenvalue weighted by molar-refractivity contribution is -0.138. The second kappa shape index (κ2) is 9.78. The molecule has 6 nitrogen and oxygen atoms in total. The number of alkyl halides is 3. The second-order valence-corrected chi connectivity index (χ2v) is 7.64. The van der Waals surface area contributed by atoms with Gasteiger partial charge >= 0.3 is 6.18 Å². The van der Waals surface area contributed by atoms with Gasteiger partial charge in [0.1, 0.15) is 5.82 Å². The highest BCUT2D eigenvalue weighted by atomic mass is 19.4. The number of nitrogens with one attached hydrogen (secondary N) is 1. The van der Waals surface area contributed by atoms with Crippen LogP contribution in [0.4, 0.5) is 19.0 Å². The molecule has 3 aromatic rings. The van der Waals surface area contributed by atoms with Crippen LogP contribution in [0.25, 0.3) is 0 Å². The molecule has 0 radical (unpaired) electrons. The summed E-state index contributed by atoms with van der Waals surface area (Å²) >= 11 is 0. The fourth-order valence-electron chi connectivity index (χ4n) is 3.54. The smallest absolute Gasteiger partial charge is 0.348 e. The third-order valence-corrected chi connectivity index (χ3v) is 5.28. The average Bonchev–Trinajstić information content (AvgIpc) is 2.87. The summed E-state index contributed by atoms with van der Waals surface area (Å²) in [5, 5.41) is 2.82. The van der Waals surface area contributed by atoms with Crippen LogP contribution in [0.2, 0.25) is 0 Å². The molecular weight excluding hydrogens is 445 g/mol. The number of pyridine rings is 1. The number of anilines is 1. The molecule has 0 spiro atoms. The van der Waals surface area contributed by atoms with E-state index in [0.717, 1.165) is 11.6 Å². The molecule has 2 amide bonds.